The lowest BCUT2D eigenvalue weighted by Crippen LogP contribution is -1.96. The molecule has 2 N–H and O–H groups in total. The smallest absolute Gasteiger partial charge is 0.292 e. The highest BCUT2D eigenvalue weighted by Crippen LogP contribution is 2.27. The van der Waals surface area contributed by atoms with Gasteiger partial charge >= 0.3 is 0 Å². The second-order valence-corrected chi connectivity index (χ2v) is 5.75. The van der Waals surface area contributed by atoms with Crippen molar-refractivity contribution in [1.82, 2.24) is 14.8 Å². The summed E-state index contributed by atoms with van der Waals surface area (Å²) < 4.78 is 1.91. The molecule has 0 spiro atoms. The predicted octanol–water partition coefficient (Wildman–Crippen LogP) is 4.25. The van der Waals surface area contributed by atoms with E-state index in [0.29, 0.717) is 17.3 Å². The molecule has 0 atom stereocenters. The van der Waals surface area contributed by atoms with E-state index in [4.69, 9.17) is 0 Å². The molecule has 3 rings (SSSR count). The molecule has 0 amide bonds. The number of benzene rings is 1. The number of H-pyrrole nitrogens is 2. The molecule has 0 fully saturated rings. The van der Waals surface area contributed by atoms with E-state index in [0.717, 1.165) is 5.69 Å². The van der Waals surface area contributed by atoms with Gasteiger partial charge in [-0.2, -0.15) is 5.11 Å². The number of hydrogen-bond donors (Lipinski definition) is 2. The van der Waals surface area contributed by atoms with Gasteiger partial charge in [0.1, 0.15) is 5.69 Å². The molecule has 23 heavy (non-hydrogen) atoms. The SMILES string of the molecule is CC(C)c1ccc(N=Nc2c(-c3cccn3C)[nH][nH]c2=O)cc1. The maximum atomic E-state index is 12.0. The summed E-state index contributed by atoms with van der Waals surface area (Å²) in [5.74, 6) is 0.470. The summed E-state index contributed by atoms with van der Waals surface area (Å²) >= 11 is 0. The lowest BCUT2D eigenvalue weighted by atomic mass is 10.0. The number of hydrogen-bond acceptors (Lipinski definition) is 3. The van der Waals surface area contributed by atoms with Gasteiger partial charge in [0.05, 0.1) is 11.4 Å². The van der Waals surface area contributed by atoms with Crippen LogP contribution in [0.5, 0.6) is 0 Å². The van der Waals surface area contributed by atoms with Crippen LogP contribution in [0, 0.1) is 0 Å². The third kappa shape index (κ3) is 3.01. The van der Waals surface area contributed by atoms with Crippen molar-refractivity contribution in [3.63, 3.8) is 0 Å². The van der Waals surface area contributed by atoms with Crippen LogP contribution in [0.4, 0.5) is 11.4 Å². The number of rotatable bonds is 4. The first-order valence-electron chi connectivity index (χ1n) is 7.50. The molecular formula is C17H19N5O. The quantitative estimate of drug-likeness (QED) is 0.694. The van der Waals surface area contributed by atoms with Crippen LogP contribution >= 0.6 is 0 Å². The molecule has 118 valence electrons. The van der Waals surface area contributed by atoms with Gasteiger partial charge in [0.15, 0.2) is 5.69 Å². The Labute approximate surface area is 133 Å². The van der Waals surface area contributed by atoms with Gasteiger partial charge in [0, 0.05) is 13.2 Å². The number of nitrogens with zero attached hydrogens (tertiary/aromatic N) is 3. The largest absolute Gasteiger partial charge is 0.349 e. The molecular weight excluding hydrogens is 290 g/mol. The van der Waals surface area contributed by atoms with Crippen molar-refractivity contribution in [2.75, 3.05) is 0 Å². The zero-order valence-corrected chi connectivity index (χ0v) is 13.4. The Morgan fingerprint density at radius 2 is 1.78 bits per heavy atom. The van der Waals surface area contributed by atoms with Crippen LogP contribution in [-0.4, -0.2) is 14.8 Å². The van der Waals surface area contributed by atoms with Crippen molar-refractivity contribution < 1.29 is 0 Å². The minimum Gasteiger partial charge on any atom is -0.349 e. The topological polar surface area (TPSA) is 78.3 Å². The molecule has 3 aromatic rings. The summed E-state index contributed by atoms with van der Waals surface area (Å²) in [4.78, 5) is 12.0. The summed E-state index contributed by atoms with van der Waals surface area (Å²) in [6.07, 6.45) is 1.91. The molecule has 0 bridgehead atoms. The lowest BCUT2D eigenvalue weighted by molar-refractivity contribution is 0.866. The highest BCUT2D eigenvalue weighted by Gasteiger charge is 2.13. The minimum absolute atomic E-state index is 0.278. The summed E-state index contributed by atoms with van der Waals surface area (Å²) in [5.41, 5.74) is 3.45. The lowest BCUT2D eigenvalue weighted by Gasteiger charge is -2.04. The Kier molecular flexibility index (Phi) is 3.97. The third-order valence-corrected chi connectivity index (χ3v) is 3.78. The van der Waals surface area contributed by atoms with Gasteiger partial charge in [-0.1, -0.05) is 26.0 Å². The van der Waals surface area contributed by atoms with Crippen molar-refractivity contribution >= 4 is 11.4 Å². The van der Waals surface area contributed by atoms with Crippen LogP contribution < -0.4 is 5.56 Å². The first-order valence-corrected chi connectivity index (χ1v) is 7.50. The minimum atomic E-state index is -0.288. The van der Waals surface area contributed by atoms with Crippen LogP contribution in [0.15, 0.2) is 57.6 Å². The number of nitrogens with one attached hydrogen (secondary N) is 2. The molecule has 6 heteroatoms. The number of aryl methyl sites for hydroxylation is 1. The van der Waals surface area contributed by atoms with Gasteiger partial charge in [-0.05, 0) is 35.7 Å². The van der Waals surface area contributed by atoms with Crippen LogP contribution in [0.2, 0.25) is 0 Å². The monoisotopic (exact) mass is 309 g/mol. The summed E-state index contributed by atoms with van der Waals surface area (Å²) in [5, 5.41) is 13.8. The zero-order chi connectivity index (χ0) is 16.4. The van der Waals surface area contributed by atoms with E-state index >= 15 is 0 Å². The van der Waals surface area contributed by atoms with Crippen molar-refractivity contribution in [3.05, 3.63) is 58.5 Å². The summed E-state index contributed by atoms with van der Waals surface area (Å²) in [7, 11) is 1.91. The van der Waals surface area contributed by atoms with Crippen molar-refractivity contribution in [2.24, 2.45) is 17.3 Å². The normalized spacial score (nSPS) is 11.7. The first kappa shape index (κ1) is 15.0. The van der Waals surface area contributed by atoms with Crippen LogP contribution in [-0.2, 0) is 7.05 Å². The van der Waals surface area contributed by atoms with E-state index < -0.39 is 0 Å². The van der Waals surface area contributed by atoms with Crippen molar-refractivity contribution in [2.45, 2.75) is 19.8 Å². The number of aromatic amines is 2. The van der Waals surface area contributed by atoms with Gasteiger partial charge in [0.25, 0.3) is 5.56 Å². The van der Waals surface area contributed by atoms with Gasteiger partial charge in [-0.15, -0.1) is 5.11 Å². The van der Waals surface area contributed by atoms with Crippen molar-refractivity contribution in [3.8, 4) is 11.4 Å². The zero-order valence-electron chi connectivity index (χ0n) is 13.4. The van der Waals surface area contributed by atoms with Crippen LogP contribution in [0.1, 0.15) is 25.3 Å². The Morgan fingerprint density at radius 1 is 1.04 bits per heavy atom. The highest BCUT2D eigenvalue weighted by atomic mass is 16.1. The molecule has 0 saturated carbocycles. The second kappa shape index (κ2) is 6.08. The molecule has 0 aliphatic carbocycles. The van der Waals surface area contributed by atoms with Gasteiger partial charge in [-0.25, -0.2) is 0 Å². The van der Waals surface area contributed by atoms with E-state index in [1.807, 2.05) is 54.2 Å². The average molecular weight is 309 g/mol. The summed E-state index contributed by atoms with van der Waals surface area (Å²) in [6.45, 7) is 4.28. The van der Waals surface area contributed by atoms with E-state index in [-0.39, 0.29) is 11.2 Å². The second-order valence-electron chi connectivity index (χ2n) is 5.75. The Hall–Kier alpha value is -2.89. The Balaban J connectivity index is 1.93. The van der Waals surface area contributed by atoms with E-state index in [2.05, 4.69) is 34.3 Å². The Bertz CT molecular complexity index is 880. The fourth-order valence-corrected chi connectivity index (χ4v) is 2.39. The Morgan fingerprint density at radius 3 is 2.39 bits per heavy atom. The molecule has 0 radical (unpaired) electrons. The first-order chi connectivity index (χ1) is 11.1. The van der Waals surface area contributed by atoms with Gasteiger partial charge < -0.3 is 4.57 Å². The molecule has 0 aliphatic heterocycles. The standard InChI is InChI=1S/C17H19N5O/c1-11(2)12-6-8-13(9-7-12)18-20-16-15(19-21-17(16)23)14-5-4-10-22(14)3/h4-11H,1-3H3,(H2,19,21,23). The van der Waals surface area contributed by atoms with Gasteiger partial charge in [0.2, 0.25) is 0 Å². The molecule has 0 saturated heterocycles. The maximum absolute atomic E-state index is 12.0. The fourth-order valence-electron chi connectivity index (χ4n) is 2.39. The molecule has 1 aromatic carbocycles. The fraction of sp³-hybridized carbons (Fsp3) is 0.235. The molecule has 0 unspecified atom stereocenters. The molecule has 6 nitrogen and oxygen atoms in total. The van der Waals surface area contributed by atoms with Crippen molar-refractivity contribution in [1.29, 1.82) is 0 Å². The van der Waals surface area contributed by atoms with E-state index in [1.54, 1.807) is 0 Å². The maximum Gasteiger partial charge on any atom is 0.292 e. The molecule has 0 aliphatic rings. The molecule has 2 heterocycles. The van der Waals surface area contributed by atoms with Gasteiger partial charge in [-0.3, -0.25) is 15.0 Å². The predicted molar refractivity (Wildman–Crippen MR) is 90.5 cm³/mol. The number of azo groups is 1. The average Bonchev–Trinajstić information content (AvgIpc) is 3.11. The highest BCUT2D eigenvalue weighted by molar-refractivity contribution is 5.68. The van der Waals surface area contributed by atoms with Crippen LogP contribution in [0.3, 0.4) is 0 Å². The number of aromatic nitrogens is 3. The third-order valence-electron chi connectivity index (χ3n) is 3.78. The van der Waals surface area contributed by atoms with E-state index in [1.165, 1.54) is 5.56 Å². The van der Waals surface area contributed by atoms with Crippen LogP contribution in [0.25, 0.3) is 11.4 Å². The molecule has 2 aromatic heterocycles. The summed E-state index contributed by atoms with van der Waals surface area (Å²) in [6, 6.07) is 11.7. The van der Waals surface area contributed by atoms with E-state index in [9.17, 15) is 4.79 Å².